The van der Waals surface area contributed by atoms with Crippen LogP contribution in [-0.2, 0) is 0 Å². The van der Waals surface area contributed by atoms with Crippen molar-refractivity contribution >= 4 is 22.0 Å². The van der Waals surface area contributed by atoms with Gasteiger partial charge in [0.25, 0.3) is 0 Å². The lowest BCUT2D eigenvalue weighted by atomic mass is 9.92. The van der Waals surface area contributed by atoms with E-state index in [1.54, 1.807) is 0 Å². The van der Waals surface area contributed by atoms with E-state index in [1.807, 2.05) is 0 Å². The monoisotopic (exact) mass is 279 g/mol. The highest BCUT2D eigenvalue weighted by Gasteiger charge is 2.08. The third-order valence-electron chi connectivity index (χ3n) is 4.16. The molecule has 0 aliphatic rings. The van der Waals surface area contributed by atoms with Crippen molar-refractivity contribution in [1.29, 1.82) is 0 Å². The van der Waals surface area contributed by atoms with Crippen molar-refractivity contribution in [2.75, 3.05) is 6.54 Å². The summed E-state index contributed by atoms with van der Waals surface area (Å²) in [6, 6.07) is 13.1. The molecule has 21 heavy (non-hydrogen) atoms. The molecule has 110 valence electrons. The van der Waals surface area contributed by atoms with Crippen LogP contribution in [0.1, 0.15) is 38.3 Å². The molecule has 2 aromatic carbocycles. The fourth-order valence-electron chi connectivity index (χ4n) is 2.48. The highest BCUT2D eigenvalue weighted by atomic mass is 14.9. The van der Waals surface area contributed by atoms with Crippen molar-refractivity contribution in [2.45, 2.75) is 27.2 Å². The molecule has 1 unspecified atom stereocenters. The molecule has 0 saturated heterocycles. The summed E-state index contributed by atoms with van der Waals surface area (Å²) in [4.78, 5) is 0. The van der Waals surface area contributed by atoms with Crippen LogP contribution in [0.2, 0.25) is 0 Å². The zero-order valence-electron chi connectivity index (χ0n) is 13.4. The molecule has 0 heterocycles. The smallest absolute Gasteiger partial charge is 0.0340 e. The molecule has 1 N–H and O–H groups in total. The summed E-state index contributed by atoms with van der Waals surface area (Å²) in [6.07, 6.45) is 1.12. The van der Waals surface area contributed by atoms with Crippen LogP contribution < -0.4 is 5.32 Å². The van der Waals surface area contributed by atoms with Crippen LogP contribution in [0.25, 0.3) is 22.0 Å². The maximum Gasteiger partial charge on any atom is 0.0340 e. The van der Waals surface area contributed by atoms with Gasteiger partial charge in [-0.3, -0.25) is 0 Å². The Kier molecular flexibility index (Phi) is 4.85. The van der Waals surface area contributed by atoms with Gasteiger partial charge in [-0.25, -0.2) is 0 Å². The van der Waals surface area contributed by atoms with Gasteiger partial charge in [0.15, 0.2) is 0 Å². The predicted octanol–water partition coefficient (Wildman–Crippen LogP) is 5.48. The van der Waals surface area contributed by atoms with Gasteiger partial charge in [-0.05, 0) is 58.9 Å². The standard InChI is InChI=1S/C20H25N/c1-6-14(3)15(4)17-8-10-20-13-18(16(5)21-7-2)9-11-19(20)12-17/h8-14,21H,4-7H2,1-3H3. The second-order valence-electron chi connectivity index (χ2n) is 5.62. The van der Waals surface area contributed by atoms with Crippen molar-refractivity contribution in [3.8, 4) is 0 Å². The molecule has 0 radical (unpaired) electrons. The van der Waals surface area contributed by atoms with Gasteiger partial charge < -0.3 is 5.32 Å². The Bertz CT molecular complexity index is 667. The summed E-state index contributed by atoms with van der Waals surface area (Å²) in [5, 5.41) is 5.77. The predicted molar refractivity (Wildman–Crippen MR) is 95.1 cm³/mol. The SMILES string of the molecule is C=C(NCC)c1ccc2cc(C(=C)C(C)CC)ccc2c1. The molecule has 1 atom stereocenters. The number of allylic oxidation sites excluding steroid dienone is 1. The van der Waals surface area contributed by atoms with E-state index in [-0.39, 0.29) is 0 Å². The van der Waals surface area contributed by atoms with Crippen molar-refractivity contribution < 1.29 is 0 Å². The van der Waals surface area contributed by atoms with Crippen LogP contribution in [0, 0.1) is 5.92 Å². The summed E-state index contributed by atoms with van der Waals surface area (Å²) in [6.45, 7) is 15.7. The van der Waals surface area contributed by atoms with Gasteiger partial charge in [0.1, 0.15) is 0 Å². The van der Waals surface area contributed by atoms with Gasteiger partial charge in [-0.15, -0.1) is 0 Å². The number of nitrogens with one attached hydrogen (secondary N) is 1. The van der Waals surface area contributed by atoms with Crippen molar-refractivity contribution in [1.82, 2.24) is 5.32 Å². The van der Waals surface area contributed by atoms with Crippen molar-refractivity contribution in [3.05, 3.63) is 60.7 Å². The van der Waals surface area contributed by atoms with Crippen molar-refractivity contribution in [3.63, 3.8) is 0 Å². The molecule has 0 aromatic heterocycles. The molecule has 0 spiro atoms. The normalized spacial score (nSPS) is 12.1. The Labute approximate surface area is 128 Å². The molecule has 0 bridgehead atoms. The second kappa shape index (κ2) is 6.62. The van der Waals surface area contributed by atoms with Gasteiger partial charge in [-0.2, -0.15) is 0 Å². The van der Waals surface area contributed by atoms with Gasteiger partial charge in [0.2, 0.25) is 0 Å². The van der Waals surface area contributed by atoms with Gasteiger partial charge in [-0.1, -0.05) is 51.3 Å². The van der Waals surface area contributed by atoms with Gasteiger partial charge in [0, 0.05) is 12.2 Å². The summed E-state index contributed by atoms with van der Waals surface area (Å²) in [5.41, 5.74) is 4.60. The maximum absolute atomic E-state index is 4.25. The molecule has 0 aliphatic carbocycles. The first-order valence-electron chi connectivity index (χ1n) is 7.73. The van der Waals surface area contributed by atoms with E-state index in [0.717, 1.165) is 24.2 Å². The summed E-state index contributed by atoms with van der Waals surface area (Å²) in [7, 11) is 0. The summed E-state index contributed by atoms with van der Waals surface area (Å²) >= 11 is 0. The number of fused-ring (bicyclic) bond motifs is 1. The molecule has 2 rings (SSSR count). The Hall–Kier alpha value is -2.02. The van der Waals surface area contributed by atoms with Crippen LogP contribution in [0.15, 0.2) is 49.6 Å². The quantitative estimate of drug-likeness (QED) is 0.738. The summed E-state index contributed by atoms with van der Waals surface area (Å²) < 4.78 is 0. The molecule has 1 nitrogen and oxygen atoms in total. The zero-order valence-corrected chi connectivity index (χ0v) is 13.4. The highest BCUT2D eigenvalue weighted by Crippen LogP contribution is 2.28. The van der Waals surface area contributed by atoms with Gasteiger partial charge >= 0.3 is 0 Å². The average Bonchev–Trinajstić information content (AvgIpc) is 2.52. The number of rotatable bonds is 6. The number of hydrogen-bond acceptors (Lipinski definition) is 1. The average molecular weight is 279 g/mol. The molecule has 0 aliphatic heterocycles. The Balaban J connectivity index is 2.36. The van der Waals surface area contributed by atoms with Crippen LogP contribution in [0.3, 0.4) is 0 Å². The molecule has 0 amide bonds. The number of benzene rings is 2. The molecular weight excluding hydrogens is 254 g/mol. The first kappa shape index (κ1) is 15.4. The van der Waals surface area contributed by atoms with E-state index in [2.05, 4.69) is 75.6 Å². The van der Waals surface area contributed by atoms with E-state index in [0.29, 0.717) is 5.92 Å². The minimum atomic E-state index is 0.523. The van der Waals surface area contributed by atoms with Crippen LogP contribution >= 0.6 is 0 Å². The lowest BCUT2D eigenvalue weighted by Gasteiger charge is -2.14. The lowest BCUT2D eigenvalue weighted by molar-refractivity contribution is 0.719. The topological polar surface area (TPSA) is 12.0 Å². The molecule has 0 fully saturated rings. The van der Waals surface area contributed by atoms with Crippen molar-refractivity contribution in [2.24, 2.45) is 5.92 Å². The lowest BCUT2D eigenvalue weighted by Crippen LogP contribution is -2.09. The molecule has 1 heteroatoms. The van der Waals surface area contributed by atoms with E-state index < -0.39 is 0 Å². The second-order valence-corrected chi connectivity index (χ2v) is 5.62. The third-order valence-corrected chi connectivity index (χ3v) is 4.16. The first-order chi connectivity index (χ1) is 10.1. The maximum atomic E-state index is 4.25. The van der Waals surface area contributed by atoms with Crippen LogP contribution in [0.4, 0.5) is 0 Å². The Morgan fingerprint density at radius 2 is 1.57 bits per heavy atom. The zero-order chi connectivity index (χ0) is 15.4. The van der Waals surface area contributed by atoms with Gasteiger partial charge in [0.05, 0.1) is 0 Å². The van der Waals surface area contributed by atoms with Crippen LogP contribution in [0.5, 0.6) is 0 Å². The number of hydrogen-bond donors (Lipinski definition) is 1. The van der Waals surface area contributed by atoms with E-state index in [4.69, 9.17) is 0 Å². The molecule has 2 aromatic rings. The minimum Gasteiger partial charge on any atom is -0.385 e. The first-order valence-corrected chi connectivity index (χ1v) is 7.73. The van der Waals surface area contributed by atoms with E-state index in [1.165, 1.54) is 21.9 Å². The van der Waals surface area contributed by atoms with E-state index in [9.17, 15) is 0 Å². The minimum absolute atomic E-state index is 0.523. The van der Waals surface area contributed by atoms with Crippen LogP contribution in [-0.4, -0.2) is 6.54 Å². The Morgan fingerprint density at radius 3 is 2.14 bits per heavy atom. The molecular formula is C20H25N. The largest absolute Gasteiger partial charge is 0.385 e. The fourth-order valence-corrected chi connectivity index (χ4v) is 2.48. The highest BCUT2D eigenvalue weighted by molar-refractivity contribution is 5.88. The van der Waals surface area contributed by atoms with E-state index >= 15 is 0 Å². The summed E-state index contributed by atoms with van der Waals surface area (Å²) in [5.74, 6) is 0.523. The third kappa shape index (κ3) is 3.36. The molecule has 0 saturated carbocycles. The fraction of sp³-hybridized carbons (Fsp3) is 0.300. The Morgan fingerprint density at radius 1 is 1.00 bits per heavy atom.